The number of hydrogen-bond donors (Lipinski definition) is 1. The molecule has 0 bridgehead atoms. The molecule has 8 rings (SSSR count). The van der Waals surface area contributed by atoms with Crippen LogP contribution in [0.4, 0.5) is 0 Å². The minimum Gasteiger partial charge on any atom is -0.491 e. The normalized spacial score (nSPS) is 11.1. The summed E-state index contributed by atoms with van der Waals surface area (Å²) >= 11 is 0. The van der Waals surface area contributed by atoms with Crippen molar-refractivity contribution >= 4 is 43.6 Å². The van der Waals surface area contributed by atoms with E-state index in [4.69, 9.17) is 33.4 Å². The number of nitrogens with one attached hydrogen (secondary N) is 1. The molecule has 0 aliphatic rings. The van der Waals surface area contributed by atoms with Gasteiger partial charge in [0.2, 0.25) is 0 Å². The first-order valence-electron chi connectivity index (χ1n) is 18.0. The van der Waals surface area contributed by atoms with Crippen LogP contribution < -0.4 is 30.1 Å². The zero-order valence-corrected chi connectivity index (χ0v) is 32.1. The van der Waals surface area contributed by atoms with Crippen molar-refractivity contribution in [3.63, 3.8) is 0 Å². The van der Waals surface area contributed by atoms with E-state index in [2.05, 4.69) is 19.9 Å². The van der Waals surface area contributed by atoms with Crippen LogP contribution in [0, 0.1) is 0 Å². The Morgan fingerprint density at radius 1 is 0.614 bits per heavy atom. The molecule has 1 N–H and O–H groups in total. The largest absolute Gasteiger partial charge is 0.491 e. The lowest BCUT2D eigenvalue weighted by Crippen LogP contribution is -2.20. The maximum Gasteiger partial charge on any atom is 0.261 e. The molecule has 8 aromatic rings. The first-order valence-corrected chi connectivity index (χ1v) is 18.0. The quantitative estimate of drug-likeness (QED) is 0.137. The predicted molar refractivity (Wildman–Crippen MR) is 219 cm³/mol. The van der Waals surface area contributed by atoms with E-state index in [1.807, 2.05) is 60.7 Å². The fourth-order valence-corrected chi connectivity index (χ4v) is 6.38. The lowest BCUT2D eigenvalue weighted by molar-refractivity contribution is 0.144. The molecule has 4 heterocycles. The van der Waals surface area contributed by atoms with Gasteiger partial charge in [-0.15, -0.1) is 0 Å². The van der Waals surface area contributed by atoms with E-state index in [1.54, 1.807) is 69.6 Å². The second-order valence-corrected chi connectivity index (χ2v) is 12.7. The minimum atomic E-state index is -0.243. The Morgan fingerprint density at radius 3 is 1.74 bits per heavy atom. The van der Waals surface area contributed by atoms with Crippen LogP contribution in [-0.4, -0.2) is 84.4 Å². The van der Waals surface area contributed by atoms with Gasteiger partial charge in [-0.25, -0.2) is 9.97 Å². The molecule has 0 aliphatic carbocycles. The Balaban J connectivity index is 0.000000174. The van der Waals surface area contributed by atoms with Crippen LogP contribution in [0.2, 0.25) is 0 Å². The van der Waals surface area contributed by atoms with Crippen LogP contribution in [0.15, 0.2) is 107 Å². The highest BCUT2D eigenvalue weighted by molar-refractivity contribution is 5.90. The van der Waals surface area contributed by atoms with Crippen molar-refractivity contribution in [3.8, 4) is 45.8 Å². The fourth-order valence-electron chi connectivity index (χ4n) is 6.38. The summed E-state index contributed by atoms with van der Waals surface area (Å²) in [7, 11) is 8.00. The minimum absolute atomic E-state index is 0.155. The topological polar surface area (TPSA) is 162 Å². The summed E-state index contributed by atoms with van der Waals surface area (Å²) in [4.78, 5) is 46.6. The van der Waals surface area contributed by atoms with Crippen LogP contribution in [0.1, 0.15) is 0 Å². The second kappa shape index (κ2) is 17.3. The van der Waals surface area contributed by atoms with Crippen LogP contribution in [0.5, 0.6) is 23.0 Å². The fraction of sp³-hybridized carbons (Fsp3) is 0.209. The molecule has 0 unspecified atom stereocenters. The van der Waals surface area contributed by atoms with E-state index in [0.29, 0.717) is 82.9 Å². The second-order valence-electron chi connectivity index (χ2n) is 12.7. The predicted octanol–water partition coefficient (Wildman–Crippen LogP) is 6.35. The van der Waals surface area contributed by atoms with Gasteiger partial charge in [0.25, 0.3) is 11.1 Å². The van der Waals surface area contributed by atoms with Crippen LogP contribution in [-0.2, 0) is 16.5 Å². The molecule has 14 nitrogen and oxygen atoms in total. The highest BCUT2D eigenvalue weighted by Crippen LogP contribution is 2.36. The molecule has 0 radical (unpaired) electrons. The zero-order chi connectivity index (χ0) is 39.9. The van der Waals surface area contributed by atoms with Crippen molar-refractivity contribution in [2.75, 3.05) is 54.9 Å². The average Bonchev–Trinajstić information content (AvgIpc) is 3.24. The maximum absolute atomic E-state index is 13.0. The van der Waals surface area contributed by atoms with Crippen LogP contribution in [0.3, 0.4) is 0 Å². The molecule has 4 aromatic heterocycles. The van der Waals surface area contributed by atoms with E-state index >= 15 is 0 Å². The van der Waals surface area contributed by atoms with Gasteiger partial charge in [0.15, 0.2) is 23.0 Å². The van der Waals surface area contributed by atoms with Gasteiger partial charge in [-0.2, -0.15) is 0 Å². The summed E-state index contributed by atoms with van der Waals surface area (Å²) < 4.78 is 34.1. The standard InChI is InChI=1S/C22H21N3O4.C21H19N3O4/c1-25-21(15-6-8-17-14(13-15)5-4-10-23-17)24-19-16(22(25)26)7-9-18(20(19)28-3)29-12-11-27-2;1-26-10-11-28-17-8-6-15-18(19(17)27-2)23-20(24-21(15)25)14-5-7-16-13(12-14)4-3-9-22-16/h4-10,13H,11-12H2,1-3H3;3-9,12H,10-11H2,1-2H3,(H,23,24,25). The van der Waals surface area contributed by atoms with Gasteiger partial charge in [0.05, 0.1) is 49.2 Å². The molecule has 0 amide bonds. The van der Waals surface area contributed by atoms with Crippen molar-refractivity contribution in [2.24, 2.45) is 7.05 Å². The number of methoxy groups -OCH3 is 4. The number of pyridine rings is 2. The van der Waals surface area contributed by atoms with Crippen molar-refractivity contribution in [1.82, 2.24) is 29.5 Å². The van der Waals surface area contributed by atoms with Crippen molar-refractivity contribution < 1.29 is 28.4 Å². The number of hydrogen-bond acceptors (Lipinski definition) is 12. The number of H-pyrrole nitrogens is 1. The van der Waals surface area contributed by atoms with Gasteiger partial charge in [-0.05, 0) is 72.8 Å². The van der Waals surface area contributed by atoms with Crippen molar-refractivity contribution in [1.29, 1.82) is 0 Å². The Labute approximate surface area is 326 Å². The Morgan fingerprint density at radius 2 is 1.16 bits per heavy atom. The lowest BCUT2D eigenvalue weighted by Gasteiger charge is -2.15. The number of benzene rings is 4. The summed E-state index contributed by atoms with van der Waals surface area (Å²) in [6, 6.07) is 26.0. The highest BCUT2D eigenvalue weighted by Gasteiger charge is 2.18. The molecule has 0 aliphatic heterocycles. The average molecular weight is 769 g/mol. The Kier molecular flexibility index (Phi) is 11.6. The third-order valence-electron chi connectivity index (χ3n) is 9.20. The molecule has 0 saturated carbocycles. The SMILES string of the molecule is COCCOc1ccc2c(=O)[nH]c(-c3ccc4ncccc4c3)nc2c1OC.COCCOc1ccc2c(=O)n(C)c(-c3ccc4ncccc4c3)nc2c1OC. The molecule has 14 heteroatoms. The summed E-state index contributed by atoms with van der Waals surface area (Å²) in [5.41, 5.74) is 3.88. The van der Waals surface area contributed by atoms with Gasteiger partial charge in [-0.1, -0.05) is 12.1 Å². The monoisotopic (exact) mass is 768 g/mol. The van der Waals surface area contributed by atoms with E-state index < -0.39 is 0 Å². The van der Waals surface area contributed by atoms with Crippen molar-refractivity contribution in [2.45, 2.75) is 0 Å². The summed E-state index contributed by atoms with van der Waals surface area (Å²) in [5.74, 6) is 2.88. The molecular formula is C43H40N6O8. The molecule has 0 fully saturated rings. The van der Waals surface area contributed by atoms with E-state index in [-0.39, 0.29) is 11.1 Å². The third kappa shape index (κ3) is 7.94. The number of ether oxygens (including phenoxy) is 6. The summed E-state index contributed by atoms with van der Waals surface area (Å²) in [6.07, 6.45) is 3.50. The van der Waals surface area contributed by atoms with Gasteiger partial charge in [-0.3, -0.25) is 24.1 Å². The number of fused-ring (bicyclic) bond motifs is 4. The van der Waals surface area contributed by atoms with E-state index in [0.717, 1.165) is 32.9 Å². The molecular weight excluding hydrogens is 729 g/mol. The molecule has 0 atom stereocenters. The molecule has 0 saturated heterocycles. The van der Waals surface area contributed by atoms with Gasteiger partial charge >= 0.3 is 0 Å². The van der Waals surface area contributed by atoms with E-state index in [9.17, 15) is 9.59 Å². The van der Waals surface area contributed by atoms with Gasteiger partial charge in [0, 0.05) is 55.6 Å². The smallest absolute Gasteiger partial charge is 0.261 e. The Hall–Kier alpha value is -6.90. The van der Waals surface area contributed by atoms with Gasteiger partial charge < -0.3 is 33.4 Å². The lowest BCUT2D eigenvalue weighted by atomic mass is 10.1. The first-order chi connectivity index (χ1) is 27.8. The number of aromatic amines is 1. The molecule has 290 valence electrons. The summed E-state index contributed by atoms with van der Waals surface area (Å²) in [6.45, 7) is 1.63. The van der Waals surface area contributed by atoms with E-state index in [1.165, 1.54) is 7.11 Å². The highest BCUT2D eigenvalue weighted by atomic mass is 16.5. The number of nitrogens with zero attached hydrogens (tertiary/aromatic N) is 5. The Bertz CT molecular complexity index is 2840. The summed E-state index contributed by atoms with van der Waals surface area (Å²) in [5, 5.41) is 2.84. The van der Waals surface area contributed by atoms with Crippen LogP contribution >= 0.6 is 0 Å². The third-order valence-corrected chi connectivity index (χ3v) is 9.20. The molecule has 0 spiro atoms. The van der Waals surface area contributed by atoms with Gasteiger partial charge in [0.1, 0.15) is 35.9 Å². The maximum atomic E-state index is 13.0. The number of rotatable bonds is 12. The molecule has 4 aromatic carbocycles. The number of aromatic nitrogens is 6. The van der Waals surface area contributed by atoms with Crippen molar-refractivity contribution in [3.05, 3.63) is 118 Å². The molecule has 57 heavy (non-hydrogen) atoms. The van der Waals surface area contributed by atoms with Crippen LogP contribution in [0.25, 0.3) is 66.4 Å². The first kappa shape index (κ1) is 38.4. The zero-order valence-electron chi connectivity index (χ0n) is 32.1.